The van der Waals surface area contributed by atoms with E-state index in [-0.39, 0.29) is 5.91 Å². The monoisotopic (exact) mass is 280 g/mol. The lowest BCUT2D eigenvalue weighted by Crippen LogP contribution is -2.32. The van der Waals surface area contributed by atoms with Crippen molar-refractivity contribution in [2.24, 2.45) is 4.99 Å². The van der Waals surface area contributed by atoms with Crippen LogP contribution in [-0.4, -0.2) is 29.7 Å². The summed E-state index contributed by atoms with van der Waals surface area (Å²) in [5.74, 6) is 1.17. The average Bonchev–Trinajstić information content (AvgIpc) is 2.89. The Hall–Kier alpha value is -0.860. The van der Waals surface area contributed by atoms with Crippen LogP contribution in [0.5, 0.6) is 0 Å². The first-order valence-corrected chi connectivity index (χ1v) is 8.57. The molecule has 1 heterocycles. The SMILES string of the molecule is CCCCCCCCCCCCC1=NCCN1C(C)=O. The van der Waals surface area contributed by atoms with Crippen molar-refractivity contribution in [3.8, 4) is 0 Å². The van der Waals surface area contributed by atoms with Crippen molar-refractivity contribution in [1.29, 1.82) is 0 Å². The molecule has 1 aliphatic rings. The molecule has 0 aliphatic carbocycles. The molecule has 0 spiro atoms. The number of hydrogen-bond acceptors (Lipinski definition) is 2. The summed E-state index contributed by atoms with van der Waals surface area (Å²) in [4.78, 5) is 17.7. The molecule has 0 saturated carbocycles. The van der Waals surface area contributed by atoms with E-state index >= 15 is 0 Å². The predicted octanol–water partition coefficient (Wildman–Crippen LogP) is 4.56. The molecule has 0 bridgehead atoms. The van der Waals surface area contributed by atoms with Gasteiger partial charge in [-0.25, -0.2) is 0 Å². The number of hydrogen-bond donors (Lipinski definition) is 0. The van der Waals surface area contributed by atoms with E-state index in [1.54, 1.807) is 6.92 Å². The lowest BCUT2D eigenvalue weighted by Gasteiger charge is -2.15. The highest BCUT2D eigenvalue weighted by Gasteiger charge is 2.19. The third-order valence-electron chi connectivity index (χ3n) is 4.06. The summed E-state index contributed by atoms with van der Waals surface area (Å²) in [6.45, 7) is 5.50. The van der Waals surface area contributed by atoms with E-state index in [0.717, 1.165) is 25.3 Å². The molecule has 0 unspecified atom stereocenters. The molecule has 1 aliphatic heterocycles. The molecule has 116 valence electrons. The van der Waals surface area contributed by atoms with E-state index in [9.17, 15) is 4.79 Å². The molecule has 1 rings (SSSR count). The predicted molar refractivity (Wildman–Crippen MR) is 86.2 cm³/mol. The number of rotatable bonds is 11. The summed E-state index contributed by atoms with van der Waals surface area (Å²) < 4.78 is 0. The smallest absolute Gasteiger partial charge is 0.224 e. The van der Waals surface area contributed by atoms with Crippen molar-refractivity contribution >= 4 is 11.7 Å². The molecule has 1 amide bonds. The summed E-state index contributed by atoms with van der Waals surface area (Å²) in [6, 6.07) is 0. The van der Waals surface area contributed by atoms with Crippen molar-refractivity contribution < 1.29 is 4.79 Å². The van der Waals surface area contributed by atoms with Gasteiger partial charge in [-0.3, -0.25) is 14.7 Å². The van der Waals surface area contributed by atoms with Gasteiger partial charge in [-0.05, 0) is 6.42 Å². The highest BCUT2D eigenvalue weighted by atomic mass is 16.2. The highest BCUT2D eigenvalue weighted by molar-refractivity contribution is 5.98. The minimum absolute atomic E-state index is 0.147. The fourth-order valence-corrected chi connectivity index (χ4v) is 2.82. The molecule has 3 nitrogen and oxygen atoms in total. The number of carbonyl (C=O) groups is 1. The normalized spacial score (nSPS) is 14.7. The van der Waals surface area contributed by atoms with Gasteiger partial charge in [0.05, 0.1) is 6.54 Å². The molecule has 0 aromatic heterocycles. The maximum atomic E-state index is 11.4. The number of nitrogens with zero attached hydrogens (tertiary/aromatic N) is 2. The fourth-order valence-electron chi connectivity index (χ4n) is 2.82. The topological polar surface area (TPSA) is 32.7 Å². The number of amidine groups is 1. The maximum absolute atomic E-state index is 11.4. The van der Waals surface area contributed by atoms with Crippen LogP contribution in [-0.2, 0) is 4.79 Å². The molecule has 0 N–H and O–H groups in total. The van der Waals surface area contributed by atoms with Gasteiger partial charge in [0.2, 0.25) is 5.91 Å². The van der Waals surface area contributed by atoms with E-state index in [4.69, 9.17) is 0 Å². The average molecular weight is 280 g/mol. The van der Waals surface area contributed by atoms with Gasteiger partial charge in [-0.2, -0.15) is 0 Å². The molecule has 0 atom stereocenters. The molecule has 3 heteroatoms. The highest BCUT2D eigenvalue weighted by Crippen LogP contribution is 2.13. The lowest BCUT2D eigenvalue weighted by molar-refractivity contribution is -0.124. The number of aliphatic imine (C=N–C) groups is 1. The summed E-state index contributed by atoms with van der Waals surface area (Å²) in [5, 5.41) is 0. The van der Waals surface area contributed by atoms with Gasteiger partial charge in [-0.1, -0.05) is 64.7 Å². The van der Waals surface area contributed by atoms with Gasteiger partial charge in [0.1, 0.15) is 5.84 Å². The molecule has 20 heavy (non-hydrogen) atoms. The number of unbranched alkanes of at least 4 members (excludes halogenated alkanes) is 9. The van der Waals surface area contributed by atoms with Crippen LogP contribution >= 0.6 is 0 Å². The van der Waals surface area contributed by atoms with E-state index in [2.05, 4.69) is 11.9 Å². The second-order valence-corrected chi connectivity index (χ2v) is 5.90. The minimum atomic E-state index is 0.147. The summed E-state index contributed by atoms with van der Waals surface area (Å²) in [7, 11) is 0. The van der Waals surface area contributed by atoms with Crippen LogP contribution in [0.2, 0.25) is 0 Å². The molecular weight excluding hydrogens is 248 g/mol. The molecule has 0 radical (unpaired) electrons. The zero-order valence-corrected chi connectivity index (χ0v) is 13.5. The van der Waals surface area contributed by atoms with Crippen molar-refractivity contribution in [2.75, 3.05) is 13.1 Å². The first kappa shape index (κ1) is 17.2. The Morgan fingerprint density at radius 2 is 1.55 bits per heavy atom. The number of carbonyl (C=O) groups excluding carboxylic acids is 1. The Balaban J connectivity index is 1.91. The Labute approximate surface area is 124 Å². The van der Waals surface area contributed by atoms with Gasteiger partial charge >= 0.3 is 0 Å². The number of amides is 1. The third kappa shape index (κ3) is 7.06. The Kier molecular flexibility index (Phi) is 9.35. The first-order valence-electron chi connectivity index (χ1n) is 8.57. The van der Waals surface area contributed by atoms with Crippen LogP contribution in [0.4, 0.5) is 0 Å². The van der Waals surface area contributed by atoms with Crippen molar-refractivity contribution in [3.05, 3.63) is 0 Å². The zero-order valence-electron chi connectivity index (χ0n) is 13.5. The molecule has 0 aromatic rings. The second-order valence-electron chi connectivity index (χ2n) is 5.90. The molecular formula is C17H32N2O. The van der Waals surface area contributed by atoms with Gasteiger partial charge in [-0.15, -0.1) is 0 Å². The van der Waals surface area contributed by atoms with Crippen LogP contribution < -0.4 is 0 Å². The van der Waals surface area contributed by atoms with Crippen LogP contribution in [0.1, 0.15) is 84.5 Å². The lowest BCUT2D eigenvalue weighted by atomic mass is 10.1. The molecule has 0 fully saturated rings. The van der Waals surface area contributed by atoms with E-state index in [1.165, 1.54) is 64.2 Å². The Morgan fingerprint density at radius 3 is 2.10 bits per heavy atom. The summed E-state index contributed by atoms with van der Waals surface area (Å²) in [5.41, 5.74) is 0. The standard InChI is InChI=1S/C17H32N2O/c1-3-4-5-6-7-8-9-10-11-12-13-17-18-14-15-19(17)16(2)20/h3-15H2,1-2H3. The van der Waals surface area contributed by atoms with Crippen molar-refractivity contribution in [3.63, 3.8) is 0 Å². The molecule has 0 saturated heterocycles. The van der Waals surface area contributed by atoms with Crippen molar-refractivity contribution in [2.45, 2.75) is 84.5 Å². The zero-order chi connectivity index (χ0) is 14.6. The van der Waals surface area contributed by atoms with Crippen LogP contribution in [0.3, 0.4) is 0 Å². The largest absolute Gasteiger partial charge is 0.299 e. The van der Waals surface area contributed by atoms with Gasteiger partial charge in [0.25, 0.3) is 0 Å². The van der Waals surface area contributed by atoms with Gasteiger partial charge < -0.3 is 0 Å². The van der Waals surface area contributed by atoms with Crippen LogP contribution in [0.25, 0.3) is 0 Å². The third-order valence-corrected chi connectivity index (χ3v) is 4.06. The Morgan fingerprint density at radius 1 is 1.00 bits per heavy atom. The van der Waals surface area contributed by atoms with E-state index in [1.807, 2.05) is 4.90 Å². The van der Waals surface area contributed by atoms with E-state index < -0.39 is 0 Å². The maximum Gasteiger partial charge on any atom is 0.224 e. The van der Waals surface area contributed by atoms with Gasteiger partial charge in [0, 0.05) is 19.9 Å². The fraction of sp³-hybridized carbons (Fsp3) is 0.882. The minimum Gasteiger partial charge on any atom is -0.299 e. The van der Waals surface area contributed by atoms with Crippen molar-refractivity contribution in [1.82, 2.24) is 4.90 Å². The first-order chi connectivity index (χ1) is 9.75. The quantitative estimate of drug-likeness (QED) is 0.511. The van der Waals surface area contributed by atoms with Crippen LogP contribution in [0.15, 0.2) is 4.99 Å². The van der Waals surface area contributed by atoms with Gasteiger partial charge in [0.15, 0.2) is 0 Å². The van der Waals surface area contributed by atoms with Crippen LogP contribution in [0, 0.1) is 0 Å². The Bertz CT molecular complexity index is 299. The second kappa shape index (κ2) is 10.9. The molecule has 0 aromatic carbocycles. The summed E-state index contributed by atoms with van der Waals surface area (Å²) >= 11 is 0. The summed E-state index contributed by atoms with van der Waals surface area (Å²) in [6.07, 6.45) is 14.5. The van der Waals surface area contributed by atoms with E-state index in [0.29, 0.717) is 0 Å².